The zero-order chi connectivity index (χ0) is 14.7. The zero-order valence-electron chi connectivity index (χ0n) is 11.1. The number of nitrogens with two attached hydrogens (primary N) is 1. The van der Waals surface area contributed by atoms with Gasteiger partial charge < -0.3 is 20.8 Å². The second kappa shape index (κ2) is 5.63. The van der Waals surface area contributed by atoms with Crippen molar-refractivity contribution in [3.05, 3.63) is 53.6 Å². The van der Waals surface area contributed by atoms with Crippen molar-refractivity contribution in [2.24, 2.45) is 5.73 Å². The molecular weight excluding hydrogens is 256 g/mol. The first-order valence-corrected chi connectivity index (χ1v) is 6.12. The van der Waals surface area contributed by atoms with Crippen LogP contribution in [0.4, 0.5) is 5.69 Å². The summed E-state index contributed by atoms with van der Waals surface area (Å²) >= 11 is 0. The number of anilines is 1. The molecule has 0 fully saturated rings. The van der Waals surface area contributed by atoms with Crippen molar-refractivity contribution in [2.75, 3.05) is 11.9 Å². The molecule has 2 rings (SSSR count). The summed E-state index contributed by atoms with van der Waals surface area (Å²) in [5, 5.41) is 19.5. The first-order chi connectivity index (χ1) is 9.54. The Morgan fingerprint density at radius 3 is 2.35 bits per heavy atom. The average Bonchev–Trinajstić information content (AvgIpc) is 2.46. The molecule has 5 nitrogen and oxygen atoms in total. The lowest BCUT2D eigenvalue weighted by atomic mass is 10.1. The van der Waals surface area contributed by atoms with Gasteiger partial charge in [0.15, 0.2) is 0 Å². The van der Waals surface area contributed by atoms with Crippen molar-refractivity contribution in [3.63, 3.8) is 0 Å². The van der Waals surface area contributed by atoms with Crippen LogP contribution in [0.25, 0.3) is 0 Å². The van der Waals surface area contributed by atoms with E-state index in [4.69, 9.17) is 5.73 Å². The van der Waals surface area contributed by atoms with Gasteiger partial charge in [-0.25, -0.2) is 0 Å². The Kier molecular flexibility index (Phi) is 3.91. The summed E-state index contributed by atoms with van der Waals surface area (Å²) in [6.07, 6.45) is 0. The number of hydrogen-bond acceptors (Lipinski definition) is 4. The minimum atomic E-state index is -0.491. The van der Waals surface area contributed by atoms with E-state index in [1.165, 1.54) is 23.1 Å². The van der Waals surface area contributed by atoms with E-state index in [2.05, 4.69) is 0 Å². The van der Waals surface area contributed by atoms with Gasteiger partial charge in [0.1, 0.15) is 17.1 Å². The first-order valence-electron chi connectivity index (χ1n) is 6.12. The van der Waals surface area contributed by atoms with Gasteiger partial charge in [-0.15, -0.1) is 0 Å². The maximum absolute atomic E-state index is 12.4. The predicted octanol–water partition coefficient (Wildman–Crippen LogP) is 1.83. The third-order valence-corrected chi connectivity index (χ3v) is 3.07. The van der Waals surface area contributed by atoms with Crippen LogP contribution in [0.15, 0.2) is 42.5 Å². The van der Waals surface area contributed by atoms with Crippen LogP contribution in [0.3, 0.4) is 0 Å². The number of aromatic hydroxyl groups is 2. The van der Waals surface area contributed by atoms with Gasteiger partial charge >= 0.3 is 0 Å². The van der Waals surface area contributed by atoms with Gasteiger partial charge in [-0.05, 0) is 29.8 Å². The fourth-order valence-corrected chi connectivity index (χ4v) is 1.92. The maximum Gasteiger partial charge on any atom is 0.265 e. The van der Waals surface area contributed by atoms with Crippen LogP contribution >= 0.6 is 0 Å². The third kappa shape index (κ3) is 2.57. The second-order valence-electron chi connectivity index (χ2n) is 4.41. The summed E-state index contributed by atoms with van der Waals surface area (Å²) in [4.78, 5) is 13.7. The second-order valence-corrected chi connectivity index (χ2v) is 4.41. The van der Waals surface area contributed by atoms with Gasteiger partial charge in [0.25, 0.3) is 5.91 Å². The van der Waals surface area contributed by atoms with Crippen molar-refractivity contribution < 1.29 is 15.0 Å². The molecule has 4 N–H and O–H groups in total. The highest BCUT2D eigenvalue weighted by Crippen LogP contribution is 2.29. The van der Waals surface area contributed by atoms with E-state index < -0.39 is 5.91 Å². The van der Waals surface area contributed by atoms with E-state index in [1.807, 2.05) is 6.07 Å². The lowest BCUT2D eigenvalue weighted by molar-refractivity contribution is 0.0987. The number of phenolic OH excluding ortho intramolecular Hbond substituents is 2. The number of rotatable bonds is 3. The predicted molar refractivity (Wildman–Crippen MR) is 76.8 cm³/mol. The van der Waals surface area contributed by atoms with Crippen molar-refractivity contribution in [2.45, 2.75) is 6.54 Å². The molecule has 0 spiro atoms. The quantitative estimate of drug-likeness (QED) is 0.795. The van der Waals surface area contributed by atoms with Crippen molar-refractivity contribution in [1.82, 2.24) is 0 Å². The average molecular weight is 272 g/mol. The summed E-state index contributed by atoms with van der Waals surface area (Å²) in [7, 11) is 1.57. The molecule has 104 valence electrons. The van der Waals surface area contributed by atoms with Crippen molar-refractivity contribution in [1.29, 1.82) is 0 Å². The van der Waals surface area contributed by atoms with Crippen LogP contribution in [0.1, 0.15) is 15.9 Å². The minimum absolute atomic E-state index is 0.117. The van der Waals surface area contributed by atoms with Crippen LogP contribution in [0.5, 0.6) is 11.5 Å². The van der Waals surface area contributed by atoms with Gasteiger partial charge in [0.2, 0.25) is 0 Å². The van der Waals surface area contributed by atoms with Crippen LogP contribution in [-0.4, -0.2) is 23.2 Å². The molecule has 0 aliphatic heterocycles. The number of carbonyl (C=O) groups excluding carboxylic acids is 1. The van der Waals surface area contributed by atoms with Gasteiger partial charge in [-0.3, -0.25) is 4.79 Å². The largest absolute Gasteiger partial charge is 0.507 e. The molecule has 0 bridgehead atoms. The SMILES string of the molecule is CN(C(=O)c1c(O)cccc1O)c1cccc(CN)c1. The Morgan fingerprint density at radius 2 is 1.75 bits per heavy atom. The molecule has 0 radical (unpaired) electrons. The van der Waals surface area contributed by atoms with Crippen LogP contribution in [-0.2, 0) is 6.54 Å². The Balaban J connectivity index is 2.37. The van der Waals surface area contributed by atoms with Crippen molar-refractivity contribution in [3.8, 4) is 11.5 Å². The monoisotopic (exact) mass is 272 g/mol. The Morgan fingerprint density at radius 1 is 1.15 bits per heavy atom. The summed E-state index contributed by atoms with van der Waals surface area (Å²) in [6.45, 7) is 0.373. The lowest BCUT2D eigenvalue weighted by Crippen LogP contribution is -2.26. The van der Waals surface area contributed by atoms with Crippen LogP contribution in [0.2, 0.25) is 0 Å². The van der Waals surface area contributed by atoms with E-state index in [1.54, 1.807) is 25.2 Å². The van der Waals surface area contributed by atoms with Gasteiger partial charge in [-0.2, -0.15) is 0 Å². The molecule has 2 aromatic carbocycles. The number of carbonyl (C=O) groups is 1. The van der Waals surface area contributed by atoms with Crippen molar-refractivity contribution >= 4 is 11.6 Å². The van der Waals surface area contributed by atoms with E-state index in [9.17, 15) is 15.0 Å². The molecule has 0 heterocycles. The molecule has 0 unspecified atom stereocenters. The number of amides is 1. The molecule has 0 aromatic heterocycles. The number of hydrogen-bond donors (Lipinski definition) is 3. The van der Waals surface area contributed by atoms with E-state index in [0.717, 1.165) is 5.56 Å². The maximum atomic E-state index is 12.4. The van der Waals surface area contributed by atoms with Gasteiger partial charge in [0.05, 0.1) is 0 Å². The summed E-state index contributed by atoms with van der Waals surface area (Å²) < 4.78 is 0. The molecule has 20 heavy (non-hydrogen) atoms. The molecule has 0 saturated carbocycles. The highest BCUT2D eigenvalue weighted by Gasteiger charge is 2.20. The minimum Gasteiger partial charge on any atom is -0.507 e. The van der Waals surface area contributed by atoms with E-state index >= 15 is 0 Å². The first kappa shape index (κ1) is 13.9. The molecule has 1 amide bonds. The molecular formula is C15H16N2O3. The molecule has 2 aromatic rings. The van der Waals surface area contributed by atoms with Gasteiger partial charge in [0, 0.05) is 19.3 Å². The molecule has 5 heteroatoms. The fraction of sp³-hybridized carbons (Fsp3) is 0.133. The Bertz CT molecular complexity index is 621. The molecule has 0 saturated heterocycles. The standard InChI is InChI=1S/C15H16N2O3/c1-17(11-5-2-4-10(8-11)9-16)15(20)14-12(18)6-3-7-13(14)19/h2-8,18-19H,9,16H2,1H3. The summed E-state index contributed by atoms with van der Waals surface area (Å²) in [5.41, 5.74) is 6.99. The molecule has 0 aliphatic carbocycles. The molecule has 0 atom stereocenters. The Hall–Kier alpha value is -2.53. The fourth-order valence-electron chi connectivity index (χ4n) is 1.92. The highest BCUT2D eigenvalue weighted by atomic mass is 16.3. The normalized spacial score (nSPS) is 10.3. The number of phenols is 2. The van der Waals surface area contributed by atoms with E-state index in [-0.39, 0.29) is 17.1 Å². The molecule has 0 aliphatic rings. The Labute approximate surface area is 116 Å². The third-order valence-electron chi connectivity index (χ3n) is 3.07. The lowest BCUT2D eigenvalue weighted by Gasteiger charge is -2.19. The van der Waals surface area contributed by atoms with E-state index in [0.29, 0.717) is 12.2 Å². The van der Waals surface area contributed by atoms with Crippen LogP contribution < -0.4 is 10.6 Å². The topological polar surface area (TPSA) is 86.8 Å². The summed E-state index contributed by atoms with van der Waals surface area (Å²) in [5.74, 6) is -0.997. The zero-order valence-corrected chi connectivity index (χ0v) is 11.1. The number of nitrogens with zero attached hydrogens (tertiary/aromatic N) is 1. The number of benzene rings is 2. The van der Waals surface area contributed by atoms with Gasteiger partial charge in [-0.1, -0.05) is 18.2 Å². The highest BCUT2D eigenvalue weighted by molar-refractivity contribution is 6.09. The van der Waals surface area contributed by atoms with Crippen LogP contribution in [0, 0.1) is 0 Å². The summed E-state index contributed by atoms with van der Waals surface area (Å²) in [6, 6.07) is 11.4. The smallest absolute Gasteiger partial charge is 0.265 e.